The summed E-state index contributed by atoms with van der Waals surface area (Å²) >= 11 is 0. The predicted octanol–water partition coefficient (Wildman–Crippen LogP) is 2.25. The minimum Gasteiger partial charge on any atom is -0.355 e. The van der Waals surface area contributed by atoms with Crippen molar-refractivity contribution in [3.05, 3.63) is 47.9 Å². The van der Waals surface area contributed by atoms with Crippen molar-refractivity contribution in [1.29, 1.82) is 5.26 Å². The first-order chi connectivity index (χ1) is 12.7. The lowest BCUT2D eigenvalue weighted by atomic mass is 10.0. The lowest BCUT2D eigenvalue weighted by Gasteiger charge is -2.07. The van der Waals surface area contributed by atoms with Crippen LogP contribution in [-0.4, -0.2) is 45.9 Å². The fourth-order valence-electron chi connectivity index (χ4n) is 3.40. The van der Waals surface area contributed by atoms with Gasteiger partial charge in [-0.3, -0.25) is 4.79 Å². The van der Waals surface area contributed by atoms with Crippen LogP contribution in [0.5, 0.6) is 0 Å². The first kappa shape index (κ1) is 16.1. The number of pyridine rings is 1. The van der Waals surface area contributed by atoms with Crippen LogP contribution in [0.4, 0.5) is 0 Å². The number of nitrogens with zero attached hydrogens (tertiary/aromatic N) is 4. The van der Waals surface area contributed by atoms with Crippen LogP contribution >= 0.6 is 0 Å². The number of hydrogen-bond donors (Lipinski definition) is 2. The van der Waals surface area contributed by atoms with Gasteiger partial charge < -0.3 is 15.2 Å². The number of fused-ring (bicyclic) bond motifs is 1. The summed E-state index contributed by atoms with van der Waals surface area (Å²) < 4.78 is 0. The molecule has 1 aliphatic rings. The van der Waals surface area contributed by atoms with Crippen LogP contribution in [0.25, 0.3) is 22.3 Å². The van der Waals surface area contributed by atoms with Gasteiger partial charge in [0.15, 0.2) is 11.8 Å². The number of benzene rings is 1. The molecule has 1 saturated heterocycles. The van der Waals surface area contributed by atoms with Crippen LogP contribution in [0.1, 0.15) is 28.5 Å². The molecule has 26 heavy (non-hydrogen) atoms. The lowest BCUT2D eigenvalue weighted by molar-refractivity contribution is 0.0963. The van der Waals surface area contributed by atoms with Crippen LogP contribution in [-0.2, 0) is 0 Å². The molecule has 3 heterocycles. The molecule has 1 aromatic carbocycles. The van der Waals surface area contributed by atoms with Gasteiger partial charge in [0.2, 0.25) is 0 Å². The molecule has 0 bridgehead atoms. The lowest BCUT2D eigenvalue weighted by Crippen LogP contribution is -2.18. The van der Waals surface area contributed by atoms with Crippen molar-refractivity contribution in [3.8, 4) is 17.3 Å². The number of aromatic nitrogens is 3. The molecular weight excluding hydrogens is 328 g/mol. The van der Waals surface area contributed by atoms with Gasteiger partial charge in [-0.1, -0.05) is 18.2 Å². The molecule has 0 spiro atoms. The summed E-state index contributed by atoms with van der Waals surface area (Å²) in [6.45, 7) is 1.44. The van der Waals surface area contributed by atoms with Crippen LogP contribution in [0, 0.1) is 11.5 Å². The Balaban J connectivity index is 1.71. The summed E-state index contributed by atoms with van der Waals surface area (Å²) in [7, 11) is 1.62. The Bertz CT molecular complexity index is 1020. The molecule has 4 rings (SSSR count). The SMILES string of the molecule is CNC(=O)c1ccccc1-c1cnc2[nH]c(C3CCN(C#N)C3)nc2c1. The Kier molecular flexibility index (Phi) is 4.01. The van der Waals surface area contributed by atoms with Gasteiger partial charge in [-0.05, 0) is 24.1 Å². The van der Waals surface area contributed by atoms with Crippen molar-refractivity contribution in [2.45, 2.75) is 12.3 Å². The minimum atomic E-state index is -0.133. The van der Waals surface area contributed by atoms with E-state index in [1.807, 2.05) is 24.3 Å². The van der Waals surface area contributed by atoms with Crippen LogP contribution in [0.2, 0.25) is 0 Å². The summed E-state index contributed by atoms with van der Waals surface area (Å²) in [6.07, 6.45) is 4.84. The van der Waals surface area contributed by atoms with Crippen LogP contribution < -0.4 is 5.32 Å². The van der Waals surface area contributed by atoms with E-state index in [0.717, 1.165) is 41.1 Å². The monoisotopic (exact) mass is 346 g/mol. The van der Waals surface area contributed by atoms with E-state index in [1.165, 1.54) is 0 Å². The molecule has 3 aromatic rings. The third-order valence-electron chi connectivity index (χ3n) is 4.78. The molecule has 1 aliphatic heterocycles. The van der Waals surface area contributed by atoms with E-state index in [9.17, 15) is 4.79 Å². The maximum Gasteiger partial charge on any atom is 0.251 e. The summed E-state index contributed by atoms with van der Waals surface area (Å²) in [5, 5.41) is 11.7. The van der Waals surface area contributed by atoms with Crippen molar-refractivity contribution in [1.82, 2.24) is 25.2 Å². The first-order valence-electron chi connectivity index (χ1n) is 8.51. The molecular formula is C19H18N6O. The Morgan fingerprint density at radius 2 is 2.27 bits per heavy atom. The first-order valence-corrected chi connectivity index (χ1v) is 8.51. The molecule has 130 valence electrons. The molecule has 1 amide bonds. The highest BCUT2D eigenvalue weighted by atomic mass is 16.1. The zero-order chi connectivity index (χ0) is 18.1. The van der Waals surface area contributed by atoms with E-state index in [-0.39, 0.29) is 11.8 Å². The summed E-state index contributed by atoms with van der Waals surface area (Å²) in [4.78, 5) is 26.3. The van der Waals surface area contributed by atoms with Crippen LogP contribution in [0.15, 0.2) is 36.5 Å². The number of imidazole rings is 1. The maximum atomic E-state index is 12.1. The largest absolute Gasteiger partial charge is 0.355 e. The number of nitriles is 1. The number of amides is 1. The summed E-state index contributed by atoms with van der Waals surface area (Å²) in [5.41, 5.74) is 3.76. The standard InChI is InChI=1S/C19H18N6O/c1-21-19(26)15-5-3-2-4-14(15)13-8-16-18(22-9-13)24-17(23-16)12-6-7-25(10-12)11-20/h2-5,8-9,12H,6-7,10H2,1H3,(H,21,26)(H,22,23,24). The van der Waals surface area contributed by atoms with Crippen LogP contribution in [0.3, 0.4) is 0 Å². The second kappa shape index (κ2) is 6.48. The molecule has 2 aromatic heterocycles. The molecule has 7 nitrogen and oxygen atoms in total. The zero-order valence-electron chi connectivity index (χ0n) is 14.4. The van der Waals surface area contributed by atoms with E-state index in [0.29, 0.717) is 12.1 Å². The molecule has 2 N–H and O–H groups in total. The quantitative estimate of drug-likeness (QED) is 0.709. The van der Waals surface area contributed by atoms with Crippen molar-refractivity contribution in [2.24, 2.45) is 0 Å². The van der Waals surface area contributed by atoms with Gasteiger partial charge in [-0.2, -0.15) is 5.26 Å². The van der Waals surface area contributed by atoms with E-state index in [1.54, 1.807) is 24.2 Å². The normalized spacial score (nSPS) is 16.6. The topological polar surface area (TPSA) is 97.7 Å². The third-order valence-corrected chi connectivity index (χ3v) is 4.78. The van der Waals surface area contributed by atoms with Crippen molar-refractivity contribution in [3.63, 3.8) is 0 Å². The predicted molar refractivity (Wildman–Crippen MR) is 97.3 cm³/mol. The Morgan fingerprint density at radius 3 is 3.04 bits per heavy atom. The van der Waals surface area contributed by atoms with Gasteiger partial charge in [0.1, 0.15) is 11.3 Å². The van der Waals surface area contributed by atoms with Crippen molar-refractivity contribution >= 4 is 17.1 Å². The number of H-pyrrole nitrogens is 1. The molecule has 1 unspecified atom stereocenters. The molecule has 7 heteroatoms. The number of nitrogens with one attached hydrogen (secondary N) is 2. The van der Waals surface area contributed by atoms with Crippen molar-refractivity contribution < 1.29 is 4.79 Å². The number of carbonyl (C=O) groups excluding carboxylic acids is 1. The van der Waals surface area contributed by atoms with Gasteiger partial charge in [0.25, 0.3) is 5.91 Å². The second-order valence-corrected chi connectivity index (χ2v) is 6.37. The van der Waals surface area contributed by atoms with E-state index < -0.39 is 0 Å². The van der Waals surface area contributed by atoms with Gasteiger partial charge in [0, 0.05) is 43.4 Å². The zero-order valence-corrected chi connectivity index (χ0v) is 14.4. The van der Waals surface area contributed by atoms with E-state index in [2.05, 4.69) is 26.5 Å². The van der Waals surface area contributed by atoms with Gasteiger partial charge in [-0.25, -0.2) is 9.97 Å². The smallest absolute Gasteiger partial charge is 0.251 e. The summed E-state index contributed by atoms with van der Waals surface area (Å²) in [5.74, 6) is 0.943. The van der Waals surface area contributed by atoms with Crippen molar-refractivity contribution in [2.75, 3.05) is 20.1 Å². The fourth-order valence-corrected chi connectivity index (χ4v) is 3.40. The summed E-state index contributed by atoms with van der Waals surface area (Å²) in [6, 6.07) is 9.39. The maximum absolute atomic E-state index is 12.1. The average molecular weight is 346 g/mol. The minimum absolute atomic E-state index is 0.133. The number of carbonyl (C=O) groups is 1. The molecule has 1 atom stereocenters. The molecule has 0 radical (unpaired) electrons. The highest BCUT2D eigenvalue weighted by Crippen LogP contribution is 2.29. The van der Waals surface area contributed by atoms with E-state index in [4.69, 9.17) is 5.26 Å². The molecule has 0 aliphatic carbocycles. The van der Waals surface area contributed by atoms with Gasteiger partial charge in [0.05, 0.1) is 0 Å². The third kappa shape index (κ3) is 2.75. The second-order valence-electron chi connectivity index (χ2n) is 6.37. The number of rotatable bonds is 3. The highest BCUT2D eigenvalue weighted by Gasteiger charge is 2.26. The Labute approximate surface area is 150 Å². The average Bonchev–Trinajstić information content (AvgIpc) is 3.33. The highest BCUT2D eigenvalue weighted by molar-refractivity contribution is 6.01. The molecule has 0 saturated carbocycles. The van der Waals surface area contributed by atoms with Gasteiger partial charge >= 0.3 is 0 Å². The number of likely N-dealkylation sites (tertiary alicyclic amines) is 1. The number of aromatic amines is 1. The Hall–Kier alpha value is -3.40. The Morgan fingerprint density at radius 1 is 1.42 bits per heavy atom. The molecule has 1 fully saturated rings. The van der Waals surface area contributed by atoms with Gasteiger partial charge in [-0.15, -0.1) is 0 Å². The van der Waals surface area contributed by atoms with E-state index >= 15 is 0 Å². The number of hydrogen-bond acceptors (Lipinski definition) is 5. The fraction of sp³-hybridized carbons (Fsp3) is 0.263.